The summed E-state index contributed by atoms with van der Waals surface area (Å²) in [4.78, 5) is 22.5. The minimum absolute atomic E-state index is 0.141. The molecule has 2 amide bonds. The first-order valence-electron chi connectivity index (χ1n) is 6.01. The molecule has 3 N–H and O–H groups in total. The molecule has 20 heavy (non-hydrogen) atoms. The van der Waals surface area contributed by atoms with E-state index in [1.807, 2.05) is 0 Å². The van der Waals surface area contributed by atoms with Crippen LogP contribution in [0.25, 0.3) is 0 Å². The van der Waals surface area contributed by atoms with Crippen molar-refractivity contribution in [3.05, 3.63) is 54.0 Å². The van der Waals surface area contributed by atoms with Gasteiger partial charge in [-0.2, -0.15) is 0 Å². The van der Waals surface area contributed by atoms with Gasteiger partial charge in [-0.05, 0) is 17.7 Å². The lowest BCUT2D eigenvalue weighted by Crippen LogP contribution is -2.28. The smallest absolute Gasteiger partial charge is 0.319 e. The number of aliphatic carboxylic acids is 1. The minimum Gasteiger partial charge on any atom is -0.481 e. The fourth-order valence-corrected chi connectivity index (χ4v) is 1.70. The van der Waals surface area contributed by atoms with Gasteiger partial charge >= 0.3 is 12.0 Å². The topological polar surface area (TPSA) is 91.6 Å². The number of hydrogen-bond acceptors (Lipinski definition) is 3. The molecule has 6 nitrogen and oxygen atoms in total. The maximum Gasteiger partial charge on any atom is 0.319 e. The van der Waals surface area contributed by atoms with Crippen molar-refractivity contribution in [3.63, 3.8) is 0 Å². The van der Waals surface area contributed by atoms with Crippen molar-refractivity contribution in [1.29, 1.82) is 0 Å². The zero-order chi connectivity index (χ0) is 14.4. The van der Waals surface area contributed by atoms with Crippen molar-refractivity contribution in [2.75, 3.05) is 5.32 Å². The largest absolute Gasteiger partial charge is 0.481 e. The second-order valence-electron chi connectivity index (χ2n) is 4.17. The van der Waals surface area contributed by atoms with Gasteiger partial charge in [-0.25, -0.2) is 4.79 Å². The molecule has 104 valence electrons. The van der Waals surface area contributed by atoms with E-state index in [-0.39, 0.29) is 6.42 Å². The van der Waals surface area contributed by atoms with Gasteiger partial charge in [0.1, 0.15) is 0 Å². The first kappa shape index (κ1) is 13.7. The third-order valence-electron chi connectivity index (χ3n) is 2.64. The van der Waals surface area contributed by atoms with Gasteiger partial charge in [-0.1, -0.05) is 18.2 Å². The molecule has 0 radical (unpaired) electrons. The molecule has 0 bridgehead atoms. The highest BCUT2D eigenvalue weighted by Gasteiger charge is 2.09. The van der Waals surface area contributed by atoms with Crippen molar-refractivity contribution in [2.24, 2.45) is 0 Å². The highest BCUT2D eigenvalue weighted by molar-refractivity contribution is 5.90. The number of urea groups is 1. The van der Waals surface area contributed by atoms with Crippen LogP contribution in [0.1, 0.15) is 11.1 Å². The SMILES string of the molecule is O=C(O)Cc1ccccc1NC(=O)NCc1ccoc1. The van der Waals surface area contributed by atoms with Crippen LogP contribution in [0.4, 0.5) is 10.5 Å². The van der Waals surface area contributed by atoms with Gasteiger partial charge < -0.3 is 20.2 Å². The first-order chi connectivity index (χ1) is 9.65. The summed E-state index contributed by atoms with van der Waals surface area (Å²) in [6.45, 7) is 0.337. The van der Waals surface area contributed by atoms with Gasteiger partial charge in [0.15, 0.2) is 0 Å². The highest BCUT2D eigenvalue weighted by atomic mass is 16.4. The zero-order valence-electron chi connectivity index (χ0n) is 10.6. The maximum atomic E-state index is 11.7. The van der Waals surface area contributed by atoms with E-state index in [2.05, 4.69) is 10.6 Å². The second-order valence-corrected chi connectivity index (χ2v) is 4.17. The van der Waals surface area contributed by atoms with E-state index in [1.165, 1.54) is 6.26 Å². The molecule has 0 unspecified atom stereocenters. The Kier molecular flexibility index (Phi) is 4.39. The summed E-state index contributed by atoms with van der Waals surface area (Å²) >= 11 is 0. The van der Waals surface area contributed by atoms with Gasteiger partial charge in [0.05, 0.1) is 18.9 Å². The van der Waals surface area contributed by atoms with Gasteiger partial charge in [0, 0.05) is 17.8 Å². The van der Waals surface area contributed by atoms with Crippen molar-refractivity contribution in [3.8, 4) is 0 Å². The molecule has 2 rings (SSSR count). The molecule has 0 atom stereocenters. The Morgan fingerprint density at radius 3 is 2.70 bits per heavy atom. The number of benzene rings is 1. The summed E-state index contributed by atoms with van der Waals surface area (Å²) in [7, 11) is 0. The van der Waals surface area contributed by atoms with Crippen molar-refractivity contribution >= 4 is 17.7 Å². The van der Waals surface area contributed by atoms with Crippen LogP contribution in [0.15, 0.2) is 47.3 Å². The molecular weight excluding hydrogens is 260 g/mol. The average molecular weight is 274 g/mol. The van der Waals surface area contributed by atoms with Gasteiger partial charge in [-0.15, -0.1) is 0 Å². The number of carbonyl (C=O) groups is 2. The quantitative estimate of drug-likeness (QED) is 0.779. The van der Waals surface area contributed by atoms with E-state index >= 15 is 0 Å². The van der Waals surface area contributed by atoms with Crippen molar-refractivity contribution in [2.45, 2.75) is 13.0 Å². The van der Waals surface area contributed by atoms with Crippen LogP contribution in [0.2, 0.25) is 0 Å². The number of carboxylic acid groups (broad SMARTS) is 1. The van der Waals surface area contributed by atoms with Gasteiger partial charge in [0.25, 0.3) is 0 Å². The Balaban J connectivity index is 1.95. The van der Waals surface area contributed by atoms with Crippen molar-refractivity contribution in [1.82, 2.24) is 5.32 Å². The number of furan rings is 1. The number of hydrogen-bond donors (Lipinski definition) is 3. The van der Waals surface area contributed by atoms with Crippen LogP contribution in [-0.2, 0) is 17.8 Å². The van der Waals surface area contributed by atoms with Crippen LogP contribution in [0.5, 0.6) is 0 Å². The summed E-state index contributed by atoms with van der Waals surface area (Å²) in [5.74, 6) is -0.946. The number of rotatable bonds is 5. The Morgan fingerprint density at radius 1 is 1.20 bits per heavy atom. The number of nitrogens with one attached hydrogen (secondary N) is 2. The third kappa shape index (κ3) is 3.88. The predicted molar refractivity (Wildman–Crippen MR) is 72.3 cm³/mol. The van der Waals surface area contributed by atoms with E-state index in [4.69, 9.17) is 9.52 Å². The standard InChI is InChI=1S/C14H14N2O4/c17-13(18)7-11-3-1-2-4-12(11)16-14(19)15-8-10-5-6-20-9-10/h1-6,9H,7-8H2,(H,17,18)(H2,15,16,19). The summed E-state index contributed by atoms with van der Waals surface area (Å²) in [5.41, 5.74) is 1.89. The summed E-state index contributed by atoms with van der Waals surface area (Å²) in [5, 5.41) is 14.1. The average Bonchev–Trinajstić information content (AvgIpc) is 2.91. The molecule has 0 saturated heterocycles. The van der Waals surface area contributed by atoms with E-state index in [0.717, 1.165) is 5.56 Å². The fourth-order valence-electron chi connectivity index (χ4n) is 1.70. The lowest BCUT2D eigenvalue weighted by molar-refractivity contribution is -0.136. The summed E-state index contributed by atoms with van der Waals surface area (Å²) in [6, 6.07) is 8.14. The molecule has 1 heterocycles. The van der Waals surface area contributed by atoms with E-state index in [1.54, 1.807) is 36.6 Å². The molecule has 6 heteroatoms. The Bertz CT molecular complexity index is 593. The van der Waals surface area contributed by atoms with Crippen LogP contribution in [0, 0.1) is 0 Å². The Morgan fingerprint density at radius 2 is 2.00 bits per heavy atom. The number of carboxylic acids is 1. The van der Waals surface area contributed by atoms with Crippen LogP contribution < -0.4 is 10.6 Å². The van der Waals surface area contributed by atoms with E-state index < -0.39 is 12.0 Å². The van der Waals surface area contributed by atoms with E-state index in [0.29, 0.717) is 17.8 Å². The number of carbonyl (C=O) groups excluding carboxylic acids is 1. The predicted octanol–water partition coefficient (Wildman–Crippen LogP) is 2.23. The summed E-state index contributed by atoms with van der Waals surface area (Å²) < 4.78 is 4.89. The molecule has 0 spiro atoms. The van der Waals surface area contributed by atoms with Crippen LogP contribution in [-0.4, -0.2) is 17.1 Å². The van der Waals surface area contributed by atoms with Crippen LogP contribution in [0.3, 0.4) is 0 Å². The molecule has 0 aliphatic carbocycles. The van der Waals surface area contributed by atoms with Crippen LogP contribution >= 0.6 is 0 Å². The Labute approximate surface area is 115 Å². The number of amides is 2. The van der Waals surface area contributed by atoms with Crippen molar-refractivity contribution < 1.29 is 19.1 Å². The fraction of sp³-hybridized carbons (Fsp3) is 0.143. The zero-order valence-corrected chi connectivity index (χ0v) is 10.6. The molecule has 1 aromatic carbocycles. The molecule has 0 saturated carbocycles. The lowest BCUT2D eigenvalue weighted by Gasteiger charge is -2.10. The third-order valence-corrected chi connectivity index (χ3v) is 2.64. The highest BCUT2D eigenvalue weighted by Crippen LogP contribution is 2.15. The Hall–Kier alpha value is -2.76. The van der Waals surface area contributed by atoms with Gasteiger partial charge in [0.2, 0.25) is 0 Å². The minimum atomic E-state index is -0.946. The van der Waals surface area contributed by atoms with Gasteiger partial charge in [-0.3, -0.25) is 4.79 Å². The first-order valence-corrected chi connectivity index (χ1v) is 6.01. The molecule has 1 aromatic heterocycles. The molecule has 0 aliphatic rings. The number of para-hydroxylation sites is 1. The number of anilines is 1. The molecule has 0 fully saturated rings. The molecule has 0 aliphatic heterocycles. The van der Waals surface area contributed by atoms with E-state index in [9.17, 15) is 9.59 Å². The molecule has 2 aromatic rings. The maximum absolute atomic E-state index is 11.7. The second kappa shape index (κ2) is 6.42. The normalized spacial score (nSPS) is 10.0. The monoisotopic (exact) mass is 274 g/mol. The molecular formula is C14H14N2O4. The summed E-state index contributed by atoms with van der Waals surface area (Å²) in [6.07, 6.45) is 2.92. The lowest BCUT2D eigenvalue weighted by atomic mass is 10.1.